The number of aliphatic hydroxyl groups excluding tert-OH is 1. The molecule has 0 aliphatic heterocycles. The maximum Gasteiger partial charge on any atom is 0.387 e. The first-order valence-electron chi connectivity index (χ1n) is 4.57. The van der Waals surface area contributed by atoms with E-state index in [-0.39, 0.29) is 0 Å². The number of aliphatic hydroxyl groups is 1. The second-order valence-electron chi connectivity index (χ2n) is 3.23. The number of hydrogen-bond acceptors (Lipinski definition) is 5. The summed E-state index contributed by atoms with van der Waals surface area (Å²) in [6.07, 6.45) is -2.23. The molecule has 0 fully saturated rings. The van der Waals surface area contributed by atoms with Crippen LogP contribution in [0.25, 0.3) is 0 Å². The van der Waals surface area contributed by atoms with Crippen molar-refractivity contribution in [3.8, 4) is 5.75 Å². The number of carboxylic acids is 1. The fourth-order valence-electron chi connectivity index (χ4n) is 1.26. The molecule has 0 saturated heterocycles. The summed E-state index contributed by atoms with van der Waals surface area (Å²) in [4.78, 5) is 19.7. The Labute approximate surface area is 103 Å². The van der Waals surface area contributed by atoms with Gasteiger partial charge in [-0.25, -0.2) is 4.79 Å². The minimum absolute atomic E-state index is 0.356. The van der Waals surface area contributed by atoms with Crippen molar-refractivity contribution in [3.05, 3.63) is 33.6 Å². The SMILES string of the molecule is O=C(O)C(O)c1cc(F)c([N+](=O)[O-])c(OC(F)F)c1. The van der Waals surface area contributed by atoms with E-state index in [1.807, 2.05) is 0 Å². The number of nitrogens with zero attached hydrogens (tertiary/aromatic N) is 1. The Kier molecular flexibility index (Phi) is 4.27. The lowest BCUT2D eigenvalue weighted by Gasteiger charge is -2.10. The van der Waals surface area contributed by atoms with Gasteiger partial charge in [-0.05, 0) is 17.7 Å². The number of aliphatic carboxylic acids is 1. The summed E-state index contributed by atoms with van der Waals surface area (Å²) in [7, 11) is 0. The molecule has 0 bridgehead atoms. The normalized spacial score (nSPS) is 12.3. The number of halogens is 3. The molecule has 1 aromatic rings. The molecule has 19 heavy (non-hydrogen) atoms. The summed E-state index contributed by atoms with van der Waals surface area (Å²) in [5.74, 6) is -4.55. The van der Waals surface area contributed by atoms with Gasteiger partial charge in [0.2, 0.25) is 11.6 Å². The summed E-state index contributed by atoms with van der Waals surface area (Å²) in [5.41, 5.74) is -2.03. The van der Waals surface area contributed by atoms with Crippen LogP contribution in [0.15, 0.2) is 12.1 Å². The molecular weight excluding hydrogens is 275 g/mol. The van der Waals surface area contributed by atoms with Gasteiger partial charge in [0.05, 0.1) is 4.92 Å². The summed E-state index contributed by atoms with van der Waals surface area (Å²) in [6, 6.07) is 0.821. The van der Waals surface area contributed by atoms with Crippen molar-refractivity contribution in [1.82, 2.24) is 0 Å². The van der Waals surface area contributed by atoms with E-state index < -0.39 is 46.4 Å². The number of ether oxygens (including phenoxy) is 1. The average molecular weight is 281 g/mol. The predicted octanol–water partition coefficient (Wildman–Crippen LogP) is 1.45. The smallest absolute Gasteiger partial charge is 0.387 e. The number of hydrogen-bond donors (Lipinski definition) is 2. The lowest BCUT2D eigenvalue weighted by Crippen LogP contribution is -2.13. The maximum atomic E-state index is 13.4. The number of nitro benzene ring substituents is 1. The fourth-order valence-corrected chi connectivity index (χ4v) is 1.26. The van der Waals surface area contributed by atoms with Gasteiger partial charge in [0.1, 0.15) is 0 Å². The zero-order chi connectivity index (χ0) is 14.7. The van der Waals surface area contributed by atoms with Gasteiger partial charge in [0.25, 0.3) is 0 Å². The molecule has 10 heteroatoms. The van der Waals surface area contributed by atoms with Crippen LogP contribution in [0.5, 0.6) is 5.75 Å². The molecule has 7 nitrogen and oxygen atoms in total. The number of carbonyl (C=O) groups is 1. The molecule has 0 aliphatic rings. The van der Waals surface area contributed by atoms with Gasteiger partial charge in [0.15, 0.2) is 6.10 Å². The summed E-state index contributed by atoms with van der Waals surface area (Å²) < 4.78 is 41.2. The number of carboxylic acid groups (broad SMARTS) is 1. The topological polar surface area (TPSA) is 110 Å². The highest BCUT2D eigenvalue weighted by Crippen LogP contribution is 2.34. The van der Waals surface area contributed by atoms with E-state index in [1.54, 1.807) is 0 Å². The molecule has 1 aromatic carbocycles. The van der Waals surface area contributed by atoms with Crippen LogP contribution in [0, 0.1) is 15.9 Å². The van der Waals surface area contributed by atoms with Crippen molar-refractivity contribution in [2.45, 2.75) is 12.7 Å². The van der Waals surface area contributed by atoms with E-state index >= 15 is 0 Å². The molecule has 0 saturated carbocycles. The lowest BCUT2D eigenvalue weighted by atomic mass is 10.1. The van der Waals surface area contributed by atoms with Crippen LogP contribution in [0.2, 0.25) is 0 Å². The van der Waals surface area contributed by atoms with Crippen molar-refractivity contribution in [2.75, 3.05) is 0 Å². The minimum Gasteiger partial charge on any atom is -0.479 e. The van der Waals surface area contributed by atoms with Crippen molar-refractivity contribution in [2.24, 2.45) is 0 Å². The molecular formula is C9H6F3NO6. The van der Waals surface area contributed by atoms with E-state index in [1.165, 1.54) is 0 Å². The largest absolute Gasteiger partial charge is 0.479 e. The first-order valence-corrected chi connectivity index (χ1v) is 4.57. The Bertz CT molecular complexity index is 521. The van der Waals surface area contributed by atoms with E-state index in [0.717, 1.165) is 0 Å². The van der Waals surface area contributed by atoms with Crippen LogP contribution in [0.4, 0.5) is 18.9 Å². The van der Waals surface area contributed by atoms with Gasteiger partial charge in [-0.1, -0.05) is 0 Å². The molecule has 0 aliphatic carbocycles. The van der Waals surface area contributed by atoms with Gasteiger partial charge in [-0.3, -0.25) is 10.1 Å². The number of alkyl halides is 2. The molecule has 2 N–H and O–H groups in total. The van der Waals surface area contributed by atoms with Crippen LogP contribution in [0.3, 0.4) is 0 Å². The Balaban J connectivity index is 3.38. The molecule has 1 unspecified atom stereocenters. The number of rotatable bonds is 5. The molecule has 1 atom stereocenters. The quantitative estimate of drug-likeness (QED) is 0.624. The van der Waals surface area contributed by atoms with E-state index in [2.05, 4.69) is 4.74 Å². The van der Waals surface area contributed by atoms with E-state index in [4.69, 9.17) is 10.2 Å². The van der Waals surface area contributed by atoms with Gasteiger partial charge in [0, 0.05) is 0 Å². The Morgan fingerprint density at radius 1 is 1.42 bits per heavy atom. The number of nitro groups is 1. The molecule has 1 rings (SSSR count). The van der Waals surface area contributed by atoms with Gasteiger partial charge >= 0.3 is 18.3 Å². The lowest BCUT2D eigenvalue weighted by molar-refractivity contribution is -0.389. The van der Waals surface area contributed by atoms with Crippen LogP contribution >= 0.6 is 0 Å². The Morgan fingerprint density at radius 2 is 2.00 bits per heavy atom. The zero-order valence-electron chi connectivity index (χ0n) is 8.92. The molecule has 0 aromatic heterocycles. The van der Waals surface area contributed by atoms with Crippen LogP contribution in [0.1, 0.15) is 11.7 Å². The van der Waals surface area contributed by atoms with Crippen molar-refractivity contribution >= 4 is 11.7 Å². The highest BCUT2D eigenvalue weighted by molar-refractivity contribution is 5.74. The maximum absolute atomic E-state index is 13.4. The summed E-state index contributed by atoms with van der Waals surface area (Å²) in [6.45, 7) is -3.48. The third-order valence-electron chi connectivity index (χ3n) is 2.00. The first-order chi connectivity index (χ1) is 8.73. The highest BCUT2D eigenvalue weighted by Gasteiger charge is 2.28. The molecule has 0 radical (unpaired) electrons. The third-order valence-corrected chi connectivity index (χ3v) is 2.00. The molecule has 0 heterocycles. The number of benzene rings is 1. The Hall–Kier alpha value is -2.36. The van der Waals surface area contributed by atoms with E-state index in [9.17, 15) is 28.1 Å². The second kappa shape index (κ2) is 5.52. The van der Waals surface area contributed by atoms with Crippen molar-refractivity contribution in [1.29, 1.82) is 0 Å². The predicted molar refractivity (Wildman–Crippen MR) is 52.3 cm³/mol. The van der Waals surface area contributed by atoms with Gasteiger partial charge < -0.3 is 14.9 Å². The van der Waals surface area contributed by atoms with Crippen LogP contribution in [-0.2, 0) is 4.79 Å². The third kappa shape index (κ3) is 3.31. The standard InChI is InChI=1S/C9H6F3NO6/c10-4-1-3(7(14)8(15)16)2-5(19-9(11)12)6(4)13(17)18/h1-2,7,9,14H,(H,15,16). The molecule has 0 amide bonds. The highest BCUT2D eigenvalue weighted by atomic mass is 19.3. The molecule has 104 valence electrons. The van der Waals surface area contributed by atoms with Gasteiger partial charge in [-0.15, -0.1) is 0 Å². The molecule has 0 spiro atoms. The monoisotopic (exact) mass is 281 g/mol. The second-order valence-corrected chi connectivity index (χ2v) is 3.23. The van der Waals surface area contributed by atoms with Crippen LogP contribution < -0.4 is 4.74 Å². The fraction of sp³-hybridized carbons (Fsp3) is 0.222. The Morgan fingerprint density at radius 3 is 2.42 bits per heavy atom. The first kappa shape index (κ1) is 14.7. The van der Waals surface area contributed by atoms with E-state index in [0.29, 0.717) is 12.1 Å². The van der Waals surface area contributed by atoms with Crippen LogP contribution in [-0.4, -0.2) is 27.7 Å². The average Bonchev–Trinajstić information content (AvgIpc) is 2.25. The van der Waals surface area contributed by atoms with Crippen molar-refractivity contribution in [3.63, 3.8) is 0 Å². The van der Waals surface area contributed by atoms with Crippen molar-refractivity contribution < 1.29 is 37.8 Å². The van der Waals surface area contributed by atoms with Gasteiger partial charge in [-0.2, -0.15) is 13.2 Å². The summed E-state index contributed by atoms with van der Waals surface area (Å²) in [5, 5.41) is 28.1. The zero-order valence-corrected chi connectivity index (χ0v) is 8.92. The minimum atomic E-state index is -3.48. The summed E-state index contributed by atoms with van der Waals surface area (Å²) >= 11 is 0.